The molecule has 3 rings (SSSR count). The lowest BCUT2D eigenvalue weighted by atomic mass is 10.2. The smallest absolute Gasteiger partial charge is 0.324 e. The number of rotatable bonds is 4. The SMILES string of the molecule is Cc1nc(C)n(CC2CCCN2CC(=O)N2CCNC2=O)n1. The number of amides is 3. The Bertz CT molecular complexity index is 584. The van der Waals surface area contributed by atoms with Gasteiger partial charge >= 0.3 is 6.03 Å². The highest BCUT2D eigenvalue weighted by Crippen LogP contribution is 2.19. The van der Waals surface area contributed by atoms with Crippen LogP contribution in [0.2, 0.25) is 0 Å². The first-order chi connectivity index (χ1) is 10.5. The van der Waals surface area contributed by atoms with E-state index in [1.54, 1.807) is 0 Å². The molecule has 3 heterocycles. The molecule has 2 saturated heterocycles. The molecule has 1 unspecified atom stereocenters. The summed E-state index contributed by atoms with van der Waals surface area (Å²) in [7, 11) is 0. The number of nitrogens with one attached hydrogen (secondary N) is 1. The maximum atomic E-state index is 12.3. The zero-order chi connectivity index (χ0) is 15.7. The molecule has 2 fully saturated rings. The molecule has 0 aliphatic carbocycles. The first-order valence-corrected chi connectivity index (χ1v) is 7.75. The zero-order valence-electron chi connectivity index (χ0n) is 13.1. The Morgan fingerprint density at radius 1 is 1.36 bits per heavy atom. The molecule has 22 heavy (non-hydrogen) atoms. The average molecular weight is 306 g/mol. The van der Waals surface area contributed by atoms with Crippen molar-refractivity contribution >= 4 is 11.9 Å². The highest BCUT2D eigenvalue weighted by Gasteiger charge is 2.32. The molecule has 2 aliphatic rings. The van der Waals surface area contributed by atoms with Gasteiger partial charge in [-0.25, -0.2) is 14.5 Å². The van der Waals surface area contributed by atoms with Crippen molar-refractivity contribution in [1.29, 1.82) is 0 Å². The second-order valence-corrected chi connectivity index (χ2v) is 5.93. The van der Waals surface area contributed by atoms with Gasteiger partial charge < -0.3 is 5.32 Å². The molecule has 8 heteroatoms. The Kier molecular flexibility index (Phi) is 4.10. The summed E-state index contributed by atoms with van der Waals surface area (Å²) >= 11 is 0. The van der Waals surface area contributed by atoms with Crippen LogP contribution in [0.25, 0.3) is 0 Å². The molecule has 1 atom stereocenters. The van der Waals surface area contributed by atoms with E-state index >= 15 is 0 Å². The second-order valence-electron chi connectivity index (χ2n) is 5.93. The number of hydrogen-bond acceptors (Lipinski definition) is 5. The summed E-state index contributed by atoms with van der Waals surface area (Å²) in [5.74, 6) is 1.55. The van der Waals surface area contributed by atoms with E-state index in [2.05, 4.69) is 20.3 Å². The Hall–Kier alpha value is -1.96. The maximum absolute atomic E-state index is 12.3. The molecule has 8 nitrogen and oxygen atoms in total. The lowest BCUT2D eigenvalue weighted by molar-refractivity contribution is -0.129. The number of imide groups is 1. The van der Waals surface area contributed by atoms with E-state index in [1.807, 2.05) is 18.5 Å². The monoisotopic (exact) mass is 306 g/mol. The van der Waals surface area contributed by atoms with Gasteiger partial charge in [-0.05, 0) is 33.2 Å². The molecule has 0 radical (unpaired) electrons. The maximum Gasteiger partial charge on any atom is 0.324 e. The molecule has 0 saturated carbocycles. The quantitative estimate of drug-likeness (QED) is 0.840. The highest BCUT2D eigenvalue weighted by atomic mass is 16.2. The van der Waals surface area contributed by atoms with E-state index in [0.29, 0.717) is 19.6 Å². The van der Waals surface area contributed by atoms with Crippen LogP contribution < -0.4 is 5.32 Å². The number of aryl methyl sites for hydroxylation is 2. The van der Waals surface area contributed by atoms with Crippen LogP contribution in [-0.4, -0.2) is 68.7 Å². The van der Waals surface area contributed by atoms with Gasteiger partial charge in [-0.1, -0.05) is 0 Å². The van der Waals surface area contributed by atoms with Gasteiger partial charge in [0.05, 0.1) is 13.1 Å². The summed E-state index contributed by atoms with van der Waals surface area (Å²) in [5.41, 5.74) is 0. The van der Waals surface area contributed by atoms with E-state index in [9.17, 15) is 9.59 Å². The van der Waals surface area contributed by atoms with E-state index in [4.69, 9.17) is 0 Å². The third-order valence-electron chi connectivity index (χ3n) is 4.34. The minimum Gasteiger partial charge on any atom is -0.336 e. The lowest BCUT2D eigenvalue weighted by Gasteiger charge is -2.25. The molecule has 3 amide bonds. The summed E-state index contributed by atoms with van der Waals surface area (Å²) in [6.07, 6.45) is 2.11. The summed E-state index contributed by atoms with van der Waals surface area (Å²) in [6, 6.07) is -0.00194. The molecule has 0 spiro atoms. The van der Waals surface area contributed by atoms with Crippen LogP contribution in [0.15, 0.2) is 0 Å². The molecule has 2 aliphatic heterocycles. The van der Waals surface area contributed by atoms with Crippen LogP contribution >= 0.6 is 0 Å². The molecule has 1 aromatic heterocycles. The van der Waals surface area contributed by atoms with Gasteiger partial charge in [0.15, 0.2) is 0 Å². The standard InChI is InChI=1S/C14H22N6O2/c1-10-16-11(2)20(17-10)8-12-4-3-6-18(12)9-13(21)19-7-5-15-14(19)22/h12H,3-9H2,1-2H3,(H,15,22). The summed E-state index contributed by atoms with van der Waals surface area (Å²) < 4.78 is 1.91. The number of hydrogen-bond donors (Lipinski definition) is 1. The van der Waals surface area contributed by atoms with Crippen LogP contribution in [0, 0.1) is 13.8 Å². The Morgan fingerprint density at radius 2 is 2.18 bits per heavy atom. The molecular weight excluding hydrogens is 284 g/mol. The third-order valence-corrected chi connectivity index (χ3v) is 4.34. The van der Waals surface area contributed by atoms with Crippen LogP contribution in [0.1, 0.15) is 24.5 Å². The molecule has 0 aromatic carbocycles. The van der Waals surface area contributed by atoms with Crippen molar-refractivity contribution in [2.24, 2.45) is 0 Å². The van der Waals surface area contributed by atoms with Crippen molar-refractivity contribution in [3.8, 4) is 0 Å². The second kappa shape index (κ2) is 6.04. The predicted octanol–water partition coefficient (Wildman–Crippen LogP) is -0.0889. The van der Waals surface area contributed by atoms with Gasteiger partial charge in [-0.2, -0.15) is 5.10 Å². The van der Waals surface area contributed by atoms with Gasteiger partial charge in [0, 0.05) is 19.1 Å². The van der Waals surface area contributed by atoms with E-state index in [-0.39, 0.29) is 18.0 Å². The minimum absolute atomic E-state index is 0.117. The zero-order valence-corrected chi connectivity index (χ0v) is 13.1. The normalized spacial score (nSPS) is 22.4. The molecule has 120 valence electrons. The molecule has 1 aromatic rings. The number of nitrogens with zero attached hydrogens (tertiary/aromatic N) is 5. The fraction of sp³-hybridized carbons (Fsp3) is 0.714. The first-order valence-electron chi connectivity index (χ1n) is 7.75. The van der Waals surface area contributed by atoms with Gasteiger partial charge in [-0.3, -0.25) is 14.6 Å². The van der Waals surface area contributed by atoms with Crippen molar-refractivity contribution in [2.45, 2.75) is 39.3 Å². The summed E-state index contributed by atoms with van der Waals surface area (Å²) in [6.45, 7) is 6.77. The van der Waals surface area contributed by atoms with Crippen molar-refractivity contribution < 1.29 is 9.59 Å². The van der Waals surface area contributed by atoms with Gasteiger partial charge in [0.1, 0.15) is 11.6 Å². The minimum atomic E-state index is -0.275. The van der Waals surface area contributed by atoms with Crippen molar-refractivity contribution in [3.63, 3.8) is 0 Å². The highest BCUT2D eigenvalue weighted by molar-refractivity contribution is 5.96. The van der Waals surface area contributed by atoms with Crippen molar-refractivity contribution in [3.05, 3.63) is 11.6 Å². The number of carbonyl (C=O) groups excluding carboxylic acids is 2. The summed E-state index contributed by atoms with van der Waals surface area (Å²) in [5, 5.41) is 7.06. The number of aromatic nitrogens is 3. The fourth-order valence-corrected chi connectivity index (χ4v) is 3.21. The van der Waals surface area contributed by atoms with Crippen LogP contribution in [0.5, 0.6) is 0 Å². The largest absolute Gasteiger partial charge is 0.336 e. The Balaban J connectivity index is 1.62. The third kappa shape index (κ3) is 2.96. The molecular formula is C14H22N6O2. The Morgan fingerprint density at radius 3 is 2.82 bits per heavy atom. The van der Waals surface area contributed by atoms with Crippen LogP contribution in [0.4, 0.5) is 4.79 Å². The summed E-state index contributed by atoms with van der Waals surface area (Å²) in [4.78, 5) is 31.6. The number of carbonyl (C=O) groups is 2. The average Bonchev–Trinajstić information content (AvgIpc) is 3.14. The van der Waals surface area contributed by atoms with Gasteiger partial charge in [-0.15, -0.1) is 0 Å². The van der Waals surface area contributed by atoms with E-state index < -0.39 is 0 Å². The Labute approximate surface area is 129 Å². The topological polar surface area (TPSA) is 83.4 Å². The van der Waals surface area contributed by atoms with Crippen LogP contribution in [0.3, 0.4) is 0 Å². The van der Waals surface area contributed by atoms with Crippen molar-refractivity contribution in [1.82, 2.24) is 29.9 Å². The van der Waals surface area contributed by atoms with Crippen LogP contribution in [-0.2, 0) is 11.3 Å². The molecule has 0 bridgehead atoms. The van der Waals surface area contributed by atoms with Gasteiger partial charge in [0.25, 0.3) is 0 Å². The predicted molar refractivity (Wildman–Crippen MR) is 79.2 cm³/mol. The molecule has 1 N–H and O–H groups in total. The van der Waals surface area contributed by atoms with E-state index in [0.717, 1.165) is 37.6 Å². The van der Waals surface area contributed by atoms with Gasteiger partial charge in [0.2, 0.25) is 5.91 Å². The fourth-order valence-electron chi connectivity index (χ4n) is 3.21. The first kappa shape index (κ1) is 15.0. The lowest BCUT2D eigenvalue weighted by Crippen LogP contribution is -2.44. The number of urea groups is 1. The van der Waals surface area contributed by atoms with E-state index in [1.165, 1.54) is 4.90 Å². The van der Waals surface area contributed by atoms with Crippen molar-refractivity contribution in [2.75, 3.05) is 26.2 Å². The number of likely N-dealkylation sites (tertiary alicyclic amines) is 1.